The van der Waals surface area contributed by atoms with E-state index < -0.39 is 18.4 Å². The third kappa shape index (κ3) is 6.23. The molecule has 0 saturated heterocycles. The molecule has 118 valence electrons. The van der Waals surface area contributed by atoms with E-state index in [0.29, 0.717) is 18.6 Å². The Morgan fingerprint density at radius 3 is 2.36 bits per heavy atom. The topological polar surface area (TPSA) is 93.6 Å². The molecule has 0 saturated carbocycles. The molecule has 0 aliphatic rings. The first-order valence-electron chi connectivity index (χ1n) is 7.50. The molecule has 0 radical (unpaired) electrons. The van der Waals surface area contributed by atoms with Gasteiger partial charge in [0, 0.05) is 38.5 Å². The highest BCUT2D eigenvalue weighted by atomic mass is 16.4. The maximum Gasteiger partial charge on any atom is 0.328 e. The summed E-state index contributed by atoms with van der Waals surface area (Å²) in [6, 6.07) is 7.98. The van der Waals surface area contributed by atoms with Gasteiger partial charge in [0.2, 0.25) is 0 Å². The van der Waals surface area contributed by atoms with Crippen LogP contribution >= 0.6 is 0 Å². The van der Waals surface area contributed by atoms with E-state index in [4.69, 9.17) is 13.0 Å². The van der Waals surface area contributed by atoms with Crippen molar-refractivity contribution in [2.24, 2.45) is 0 Å². The fraction of sp³-hybridized carbons (Fsp3) is 0.250. The van der Waals surface area contributed by atoms with Crippen molar-refractivity contribution < 1.29 is 22.5 Å². The molecule has 6 nitrogen and oxygen atoms in total. The first-order valence-corrected chi connectivity index (χ1v) is 6.50. The molecule has 0 spiro atoms. The van der Waals surface area contributed by atoms with Crippen molar-refractivity contribution in [3.8, 4) is 0 Å². The van der Waals surface area contributed by atoms with Crippen LogP contribution in [-0.4, -0.2) is 52.6 Å². The second-order valence-corrected chi connectivity index (χ2v) is 4.60. The van der Waals surface area contributed by atoms with Gasteiger partial charge in [0.05, 0.1) is 0 Å². The molecule has 22 heavy (non-hydrogen) atoms. The number of carboxylic acids is 2. The number of hydrogen-bond acceptors (Lipinski definition) is 3. The van der Waals surface area contributed by atoms with Gasteiger partial charge < -0.3 is 20.1 Å². The zero-order valence-electron chi connectivity index (χ0n) is 14.4. The lowest BCUT2D eigenvalue weighted by atomic mass is 10.1. The number of aromatic nitrogens is 1. The summed E-state index contributed by atoms with van der Waals surface area (Å²) in [6.45, 7) is -1.31. The van der Waals surface area contributed by atoms with Crippen LogP contribution in [-0.2, 0) is 16.0 Å². The second-order valence-electron chi connectivity index (χ2n) is 4.60. The monoisotopic (exact) mass is 306 g/mol. The highest BCUT2D eigenvalue weighted by Crippen LogP contribution is 2.17. The fourth-order valence-electron chi connectivity index (χ4n) is 1.66. The van der Waals surface area contributed by atoms with Gasteiger partial charge in [-0.1, -0.05) is 18.2 Å². The van der Waals surface area contributed by atoms with Crippen LogP contribution in [0.2, 0.25) is 0 Å². The van der Waals surface area contributed by atoms with Gasteiger partial charge in [0.1, 0.15) is 0 Å². The molecule has 0 bridgehead atoms. The minimum absolute atomic E-state index is 0.393. The normalized spacial score (nSPS) is 12.7. The number of H-pyrrole nitrogens is 1. The Morgan fingerprint density at radius 1 is 1.23 bits per heavy atom. The Morgan fingerprint density at radius 2 is 1.82 bits per heavy atom. The summed E-state index contributed by atoms with van der Waals surface area (Å²) in [5, 5.41) is 16.7. The number of nitrogens with zero attached hydrogens (tertiary/aromatic N) is 1. The van der Waals surface area contributed by atoms with Gasteiger partial charge in [0.15, 0.2) is 0 Å². The van der Waals surface area contributed by atoms with E-state index in [1.54, 1.807) is 19.0 Å². The number of nitrogens with one attached hydrogen (secondary N) is 1. The molecular weight excluding hydrogens is 284 g/mol. The number of aryl methyl sites for hydroxylation is 1. The molecule has 1 heterocycles. The molecule has 0 aliphatic carbocycles. The number of benzene rings is 1. The summed E-state index contributed by atoms with van der Waals surface area (Å²) >= 11 is 0. The molecule has 0 unspecified atom stereocenters. The molecule has 2 rings (SSSR count). The average molecular weight is 306 g/mol. The van der Waals surface area contributed by atoms with Crippen LogP contribution < -0.4 is 0 Å². The van der Waals surface area contributed by atoms with Gasteiger partial charge in [-0.3, -0.25) is 0 Å². The van der Waals surface area contributed by atoms with E-state index >= 15 is 0 Å². The molecule has 1 aromatic heterocycles. The van der Waals surface area contributed by atoms with Crippen molar-refractivity contribution in [2.75, 3.05) is 20.6 Å². The van der Waals surface area contributed by atoms with Crippen molar-refractivity contribution in [2.45, 2.75) is 6.42 Å². The molecule has 0 atom stereocenters. The molecular formula is C16H20N2O4. The maximum absolute atomic E-state index is 9.55. The van der Waals surface area contributed by atoms with Gasteiger partial charge in [-0.25, -0.2) is 9.59 Å². The van der Waals surface area contributed by atoms with Gasteiger partial charge in [-0.05, 0) is 32.1 Å². The van der Waals surface area contributed by atoms with Crippen molar-refractivity contribution in [3.63, 3.8) is 0 Å². The van der Waals surface area contributed by atoms with Crippen molar-refractivity contribution in [3.05, 3.63) is 48.2 Å². The first-order chi connectivity index (χ1) is 11.1. The maximum atomic E-state index is 9.55. The first kappa shape index (κ1) is 14.3. The smallest absolute Gasteiger partial charge is 0.328 e. The predicted molar refractivity (Wildman–Crippen MR) is 85.0 cm³/mol. The van der Waals surface area contributed by atoms with Crippen LogP contribution in [0.3, 0.4) is 0 Å². The highest BCUT2D eigenvalue weighted by Gasteiger charge is 2.02. The number of fused-ring (bicyclic) bond motifs is 1. The number of rotatable bonds is 5. The van der Waals surface area contributed by atoms with Crippen molar-refractivity contribution in [1.82, 2.24) is 9.88 Å². The molecule has 0 amide bonds. The second kappa shape index (κ2) is 8.63. The molecule has 3 N–H and O–H groups in total. The fourth-order valence-corrected chi connectivity index (χ4v) is 1.66. The Labute approximate surface area is 131 Å². The largest absolute Gasteiger partial charge is 0.478 e. The van der Waals surface area contributed by atoms with Crippen molar-refractivity contribution >= 4 is 22.8 Å². The third-order valence-corrected chi connectivity index (χ3v) is 2.63. The SMILES string of the molecule is O=C(O)/C=C/C(=O)O.[2H]C([2H])(Cc1c[nH]c2ccccc12)N(C)C. The Balaban J connectivity index is 0.000000307. The predicted octanol–water partition coefficient (Wildman–Crippen LogP) is 1.98. The zero-order chi connectivity index (χ0) is 18.3. The van der Waals surface area contributed by atoms with Crippen LogP contribution in [0.5, 0.6) is 0 Å². The van der Waals surface area contributed by atoms with E-state index in [0.717, 1.165) is 16.5 Å². The number of carbonyl (C=O) groups is 2. The Kier molecular flexibility index (Phi) is 5.63. The third-order valence-electron chi connectivity index (χ3n) is 2.63. The minimum Gasteiger partial charge on any atom is -0.478 e. The van der Waals surface area contributed by atoms with Crippen LogP contribution in [0.1, 0.15) is 8.30 Å². The van der Waals surface area contributed by atoms with Crippen molar-refractivity contribution in [1.29, 1.82) is 0 Å². The molecule has 0 fully saturated rings. The van der Waals surface area contributed by atoms with Gasteiger partial charge in [0.25, 0.3) is 0 Å². The summed E-state index contributed by atoms with van der Waals surface area (Å²) in [6.07, 6.45) is 3.40. The van der Waals surface area contributed by atoms with E-state index in [9.17, 15) is 9.59 Å². The minimum atomic E-state index is -1.31. The standard InChI is InChI=1S/C12H16N2.C4H4O4/c1-14(2)8-7-10-9-13-12-6-4-3-5-11(10)12;5-3(6)1-2-4(7)8/h3-6,9,13H,7-8H2,1-2H3;1-2H,(H,5,6)(H,7,8)/b;2-1+/i8D2;. The van der Waals surface area contributed by atoms with Crippen LogP contribution in [0.25, 0.3) is 10.9 Å². The Hall–Kier alpha value is -2.60. The average Bonchev–Trinajstić information content (AvgIpc) is 2.88. The lowest BCUT2D eigenvalue weighted by Gasteiger charge is -2.07. The van der Waals surface area contributed by atoms with Gasteiger partial charge in [-0.2, -0.15) is 0 Å². The van der Waals surface area contributed by atoms with E-state index in [-0.39, 0.29) is 0 Å². The molecule has 1 aromatic carbocycles. The zero-order valence-corrected chi connectivity index (χ0v) is 12.4. The number of likely N-dealkylation sites (N-methyl/N-ethyl adjacent to an activating group) is 1. The summed E-state index contributed by atoms with van der Waals surface area (Å²) in [5.41, 5.74) is 2.08. The van der Waals surface area contributed by atoms with E-state index in [2.05, 4.69) is 4.98 Å². The van der Waals surface area contributed by atoms with Crippen LogP contribution in [0.15, 0.2) is 42.6 Å². The molecule has 2 aromatic rings. The summed E-state index contributed by atoms with van der Waals surface area (Å²) < 4.78 is 15.8. The van der Waals surface area contributed by atoms with Gasteiger partial charge in [-0.15, -0.1) is 0 Å². The number of para-hydroxylation sites is 1. The lowest BCUT2D eigenvalue weighted by molar-refractivity contribution is -0.134. The summed E-state index contributed by atoms with van der Waals surface area (Å²) in [4.78, 5) is 23.9. The van der Waals surface area contributed by atoms with E-state index in [1.165, 1.54) is 0 Å². The number of hydrogen-bond donors (Lipinski definition) is 3. The number of carboxylic acid groups (broad SMARTS) is 2. The molecule has 0 aliphatic heterocycles. The summed E-state index contributed by atoms with van der Waals surface area (Å²) in [7, 11) is 3.52. The summed E-state index contributed by atoms with van der Waals surface area (Å²) in [5.74, 6) is -2.51. The quantitative estimate of drug-likeness (QED) is 0.734. The Bertz CT molecular complexity index is 723. The lowest BCUT2D eigenvalue weighted by Crippen LogP contribution is -2.14. The van der Waals surface area contributed by atoms with Crippen LogP contribution in [0, 0.1) is 0 Å². The number of aromatic amines is 1. The van der Waals surface area contributed by atoms with Crippen LogP contribution in [0.4, 0.5) is 0 Å². The van der Waals surface area contributed by atoms with Gasteiger partial charge >= 0.3 is 11.9 Å². The van der Waals surface area contributed by atoms with E-state index in [1.807, 2.05) is 30.5 Å². The molecule has 6 heteroatoms. The number of aliphatic carboxylic acids is 2. The highest BCUT2D eigenvalue weighted by molar-refractivity contribution is 5.89.